The summed E-state index contributed by atoms with van der Waals surface area (Å²) in [5.41, 5.74) is 5.44. The van der Waals surface area contributed by atoms with Gasteiger partial charge in [0.1, 0.15) is 11.6 Å². The molecule has 0 atom stereocenters. The summed E-state index contributed by atoms with van der Waals surface area (Å²) < 4.78 is 0. The number of hydrogen-bond acceptors (Lipinski definition) is 4. The van der Waals surface area contributed by atoms with Gasteiger partial charge in [-0.2, -0.15) is 0 Å². The summed E-state index contributed by atoms with van der Waals surface area (Å²) >= 11 is 0. The molecule has 1 heterocycles. The highest BCUT2D eigenvalue weighted by Crippen LogP contribution is 2.24. The van der Waals surface area contributed by atoms with Crippen molar-refractivity contribution in [3.63, 3.8) is 0 Å². The van der Waals surface area contributed by atoms with E-state index in [0.29, 0.717) is 5.82 Å². The first-order chi connectivity index (χ1) is 6.84. The zero-order valence-electron chi connectivity index (χ0n) is 8.24. The van der Waals surface area contributed by atoms with E-state index in [1.54, 1.807) is 12.4 Å². The molecule has 1 aliphatic rings. The molecule has 0 saturated heterocycles. The highest BCUT2D eigenvalue weighted by molar-refractivity contribution is 5.35. The largest absolute Gasteiger partial charge is 0.382 e. The van der Waals surface area contributed by atoms with E-state index in [4.69, 9.17) is 5.73 Å². The lowest BCUT2D eigenvalue weighted by atomic mass is 10.1. The fourth-order valence-electron chi connectivity index (χ4n) is 1.89. The van der Waals surface area contributed by atoms with Gasteiger partial charge in [-0.05, 0) is 18.8 Å². The zero-order valence-corrected chi connectivity index (χ0v) is 8.24. The summed E-state index contributed by atoms with van der Waals surface area (Å²) in [5, 5.41) is 3.28. The molecule has 1 aromatic heterocycles. The molecule has 0 radical (unpaired) electrons. The number of nitrogens with one attached hydrogen (secondary N) is 1. The van der Waals surface area contributed by atoms with E-state index in [1.165, 1.54) is 25.7 Å². The molecule has 0 bridgehead atoms. The molecule has 1 aromatic rings. The molecule has 1 saturated carbocycles. The average molecular weight is 192 g/mol. The molecule has 1 fully saturated rings. The van der Waals surface area contributed by atoms with Crippen molar-refractivity contribution < 1.29 is 0 Å². The topological polar surface area (TPSA) is 63.8 Å². The average Bonchev–Trinajstić information content (AvgIpc) is 2.70. The van der Waals surface area contributed by atoms with E-state index in [0.717, 1.165) is 18.3 Å². The third kappa shape index (κ3) is 2.34. The number of nitrogens with two attached hydrogens (primary N) is 1. The van der Waals surface area contributed by atoms with Gasteiger partial charge >= 0.3 is 0 Å². The Bertz CT molecular complexity index is 277. The summed E-state index contributed by atoms with van der Waals surface area (Å²) in [6.45, 7) is 1.01. The first kappa shape index (κ1) is 9.24. The second-order valence-corrected chi connectivity index (χ2v) is 3.86. The van der Waals surface area contributed by atoms with Crippen molar-refractivity contribution in [1.29, 1.82) is 0 Å². The van der Waals surface area contributed by atoms with Gasteiger partial charge in [0.25, 0.3) is 0 Å². The Morgan fingerprint density at radius 1 is 1.29 bits per heavy atom. The van der Waals surface area contributed by atoms with Gasteiger partial charge in [-0.3, -0.25) is 0 Å². The van der Waals surface area contributed by atoms with Gasteiger partial charge in [-0.15, -0.1) is 0 Å². The van der Waals surface area contributed by atoms with Crippen LogP contribution in [0.15, 0.2) is 12.4 Å². The maximum atomic E-state index is 5.44. The molecule has 2 rings (SSSR count). The Morgan fingerprint density at radius 3 is 2.71 bits per heavy atom. The standard InChI is InChI=1S/C10H16N4/c11-9-6-14-10(7-12-9)13-5-8-3-1-2-4-8/h6-8H,1-5H2,(H2,11,12)(H,13,14). The van der Waals surface area contributed by atoms with Gasteiger partial charge in [0.2, 0.25) is 0 Å². The Hall–Kier alpha value is -1.32. The number of nitrogens with zero attached hydrogens (tertiary/aromatic N) is 2. The van der Waals surface area contributed by atoms with E-state index in [-0.39, 0.29) is 0 Å². The molecule has 76 valence electrons. The summed E-state index contributed by atoms with van der Waals surface area (Å²) in [6.07, 6.45) is 8.70. The minimum absolute atomic E-state index is 0.469. The van der Waals surface area contributed by atoms with Crippen molar-refractivity contribution in [2.75, 3.05) is 17.6 Å². The maximum absolute atomic E-state index is 5.44. The van der Waals surface area contributed by atoms with Gasteiger partial charge in [0, 0.05) is 6.54 Å². The predicted molar refractivity (Wildman–Crippen MR) is 56.9 cm³/mol. The van der Waals surface area contributed by atoms with Gasteiger partial charge in [0.15, 0.2) is 0 Å². The minimum Gasteiger partial charge on any atom is -0.382 e. The summed E-state index contributed by atoms with van der Waals surface area (Å²) in [5.74, 6) is 2.11. The Morgan fingerprint density at radius 2 is 2.07 bits per heavy atom. The van der Waals surface area contributed by atoms with Crippen LogP contribution in [-0.4, -0.2) is 16.5 Å². The van der Waals surface area contributed by atoms with Crippen LogP contribution in [0.1, 0.15) is 25.7 Å². The Kier molecular flexibility index (Phi) is 2.81. The van der Waals surface area contributed by atoms with Crippen molar-refractivity contribution in [3.05, 3.63) is 12.4 Å². The smallest absolute Gasteiger partial charge is 0.144 e. The lowest BCUT2D eigenvalue weighted by Crippen LogP contribution is -2.12. The molecular weight excluding hydrogens is 176 g/mol. The van der Waals surface area contributed by atoms with Crippen LogP contribution in [-0.2, 0) is 0 Å². The maximum Gasteiger partial charge on any atom is 0.144 e. The van der Waals surface area contributed by atoms with E-state index in [2.05, 4.69) is 15.3 Å². The van der Waals surface area contributed by atoms with Crippen LogP contribution in [0, 0.1) is 5.92 Å². The van der Waals surface area contributed by atoms with Crippen molar-refractivity contribution in [1.82, 2.24) is 9.97 Å². The molecule has 0 aliphatic heterocycles. The van der Waals surface area contributed by atoms with Crippen molar-refractivity contribution >= 4 is 11.6 Å². The number of hydrogen-bond donors (Lipinski definition) is 2. The summed E-state index contributed by atoms with van der Waals surface area (Å²) in [4.78, 5) is 8.12. The first-order valence-corrected chi connectivity index (χ1v) is 5.16. The van der Waals surface area contributed by atoms with Crippen molar-refractivity contribution in [3.8, 4) is 0 Å². The van der Waals surface area contributed by atoms with Crippen LogP contribution in [0.3, 0.4) is 0 Å². The zero-order chi connectivity index (χ0) is 9.80. The van der Waals surface area contributed by atoms with Crippen LogP contribution in [0.4, 0.5) is 11.6 Å². The highest BCUT2D eigenvalue weighted by atomic mass is 15.0. The third-order valence-electron chi connectivity index (χ3n) is 2.72. The van der Waals surface area contributed by atoms with E-state index >= 15 is 0 Å². The van der Waals surface area contributed by atoms with E-state index in [9.17, 15) is 0 Å². The molecule has 0 amide bonds. The van der Waals surface area contributed by atoms with Gasteiger partial charge < -0.3 is 11.1 Å². The second kappa shape index (κ2) is 4.26. The van der Waals surface area contributed by atoms with E-state index in [1.807, 2.05) is 0 Å². The van der Waals surface area contributed by atoms with Crippen molar-refractivity contribution in [2.45, 2.75) is 25.7 Å². The van der Waals surface area contributed by atoms with Crippen LogP contribution in [0.25, 0.3) is 0 Å². The molecule has 0 aromatic carbocycles. The van der Waals surface area contributed by atoms with Crippen LogP contribution < -0.4 is 11.1 Å². The quantitative estimate of drug-likeness (QED) is 0.764. The minimum atomic E-state index is 0.469. The molecule has 0 unspecified atom stereocenters. The second-order valence-electron chi connectivity index (χ2n) is 3.86. The monoisotopic (exact) mass is 192 g/mol. The SMILES string of the molecule is Nc1cnc(NCC2CCCC2)cn1. The normalized spacial score (nSPS) is 17.1. The number of anilines is 2. The summed E-state index contributed by atoms with van der Waals surface area (Å²) in [7, 11) is 0. The third-order valence-corrected chi connectivity index (χ3v) is 2.72. The first-order valence-electron chi connectivity index (χ1n) is 5.16. The van der Waals surface area contributed by atoms with Crippen molar-refractivity contribution in [2.24, 2.45) is 5.92 Å². The Labute approximate surface area is 83.9 Å². The Balaban J connectivity index is 1.82. The molecule has 4 heteroatoms. The van der Waals surface area contributed by atoms with Crippen LogP contribution in [0.5, 0.6) is 0 Å². The number of aromatic nitrogens is 2. The van der Waals surface area contributed by atoms with Crippen LogP contribution >= 0.6 is 0 Å². The van der Waals surface area contributed by atoms with Gasteiger partial charge in [-0.1, -0.05) is 12.8 Å². The van der Waals surface area contributed by atoms with Gasteiger partial charge in [-0.25, -0.2) is 9.97 Å². The number of nitrogen functional groups attached to an aromatic ring is 1. The van der Waals surface area contributed by atoms with Gasteiger partial charge in [0.05, 0.1) is 12.4 Å². The fourth-order valence-corrected chi connectivity index (χ4v) is 1.89. The lowest BCUT2D eigenvalue weighted by Gasteiger charge is -2.10. The molecular formula is C10H16N4. The van der Waals surface area contributed by atoms with E-state index < -0.39 is 0 Å². The predicted octanol–water partition coefficient (Wildman–Crippen LogP) is 1.66. The molecule has 1 aliphatic carbocycles. The number of rotatable bonds is 3. The highest BCUT2D eigenvalue weighted by Gasteiger charge is 2.14. The fraction of sp³-hybridized carbons (Fsp3) is 0.600. The summed E-state index contributed by atoms with van der Waals surface area (Å²) in [6, 6.07) is 0. The lowest BCUT2D eigenvalue weighted by molar-refractivity contribution is 0.579. The van der Waals surface area contributed by atoms with Crippen LogP contribution in [0.2, 0.25) is 0 Å². The molecule has 0 spiro atoms. The molecule has 3 N–H and O–H groups in total. The molecule has 14 heavy (non-hydrogen) atoms. The molecule has 4 nitrogen and oxygen atoms in total.